The van der Waals surface area contributed by atoms with Gasteiger partial charge in [-0.25, -0.2) is 4.79 Å². The minimum atomic E-state index is -0.816. The Morgan fingerprint density at radius 1 is 1.14 bits per heavy atom. The fraction of sp³-hybridized carbons (Fsp3) is 0.214. The van der Waals surface area contributed by atoms with Crippen LogP contribution in [0.25, 0.3) is 6.08 Å². The zero-order chi connectivity index (χ0) is 15.6. The highest BCUT2D eigenvalue weighted by molar-refractivity contribution is 9.10. The minimum Gasteiger partial charge on any atom is -0.490 e. The molecule has 7 heteroatoms. The molecule has 1 heterocycles. The fourth-order valence-electron chi connectivity index (χ4n) is 1.73. The van der Waals surface area contributed by atoms with Crippen LogP contribution < -0.4 is 15.4 Å². The van der Waals surface area contributed by atoms with Gasteiger partial charge in [-0.05, 0) is 53.5 Å². The third-order valence-corrected chi connectivity index (χ3v) is 3.19. The van der Waals surface area contributed by atoms with Crippen molar-refractivity contribution in [3.8, 4) is 5.75 Å². The number of hydrogen-bond donors (Lipinski definition) is 2. The lowest BCUT2D eigenvalue weighted by molar-refractivity contribution is -0.123. The quantitative estimate of drug-likeness (QED) is 0.643. The first kappa shape index (κ1) is 15.2. The van der Waals surface area contributed by atoms with Gasteiger partial charge < -0.3 is 4.74 Å². The Morgan fingerprint density at radius 3 is 2.29 bits per heavy atom. The molecule has 0 bridgehead atoms. The summed E-state index contributed by atoms with van der Waals surface area (Å²) >= 11 is 3.37. The van der Waals surface area contributed by atoms with Gasteiger partial charge >= 0.3 is 6.03 Å². The van der Waals surface area contributed by atoms with Crippen molar-refractivity contribution in [2.75, 3.05) is 0 Å². The summed E-state index contributed by atoms with van der Waals surface area (Å²) in [4.78, 5) is 34.2. The lowest BCUT2D eigenvalue weighted by atomic mass is 10.1. The summed E-state index contributed by atoms with van der Waals surface area (Å²) in [5.41, 5.74) is 0.506. The van der Waals surface area contributed by atoms with E-state index in [1.54, 1.807) is 18.2 Å². The highest BCUT2D eigenvalue weighted by Crippen LogP contribution is 2.28. The first-order valence-corrected chi connectivity index (χ1v) is 7.00. The molecule has 0 aromatic heterocycles. The molecule has 1 fully saturated rings. The van der Waals surface area contributed by atoms with Gasteiger partial charge in [0.15, 0.2) is 0 Å². The lowest BCUT2D eigenvalue weighted by Gasteiger charge is -2.14. The SMILES string of the molecule is CC(C)Oc1ccc(C=C2C(=O)NC(=O)NC2=O)cc1Br. The van der Waals surface area contributed by atoms with E-state index in [-0.39, 0.29) is 11.7 Å². The normalized spacial score (nSPS) is 14.9. The molecule has 1 saturated heterocycles. The van der Waals surface area contributed by atoms with Crippen LogP contribution in [-0.4, -0.2) is 23.9 Å². The number of urea groups is 1. The molecule has 0 unspecified atom stereocenters. The van der Waals surface area contributed by atoms with Crippen LogP contribution in [0.2, 0.25) is 0 Å². The number of carbonyl (C=O) groups is 3. The highest BCUT2D eigenvalue weighted by atomic mass is 79.9. The number of amides is 4. The maximum absolute atomic E-state index is 11.6. The third kappa shape index (κ3) is 3.69. The van der Waals surface area contributed by atoms with Gasteiger partial charge in [-0.15, -0.1) is 0 Å². The number of imide groups is 2. The number of hydrogen-bond acceptors (Lipinski definition) is 4. The van der Waals surface area contributed by atoms with Crippen molar-refractivity contribution in [2.45, 2.75) is 20.0 Å². The number of carbonyl (C=O) groups excluding carboxylic acids is 3. The van der Waals surface area contributed by atoms with Crippen molar-refractivity contribution in [1.29, 1.82) is 0 Å². The van der Waals surface area contributed by atoms with Crippen LogP contribution in [-0.2, 0) is 9.59 Å². The van der Waals surface area contributed by atoms with Crippen molar-refractivity contribution in [2.24, 2.45) is 0 Å². The summed E-state index contributed by atoms with van der Waals surface area (Å²) in [5.74, 6) is -0.773. The topological polar surface area (TPSA) is 84.5 Å². The van der Waals surface area contributed by atoms with E-state index in [1.807, 2.05) is 24.5 Å². The predicted molar refractivity (Wildman–Crippen MR) is 79.6 cm³/mol. The van der Waals surface area contributed by atoms with Crippen molar-refractivity contribution in [3.05, 3.63) is 33.8 Å². The van der Waals surface area contributed by atoms with E-state index >= 15 is 0 Å². The number of rotatable bonds is 3. The van der Waals surface area contributed by atoms with Crippen LogP contribution in [0.3, 0.4) is 0 Å². The van der Waals surface area contributed by atoms with Crippen molar-refractivity contribution in [3.63, 3.8) is 0 Å². The minimum absolute atomic E-state index is 0.0337. The molecule has 0 aliphatic carbocycles. The maximum atomic E-state index is 11.6. The highest BCUT2D eigenvalue weighted by Gasteiger charge is 2.27. The van der Waals surface area contributed by atoms with E-state index in [0.717, 1.165) is 0 Å². The van der Waals surface area contributed by atoms with Gasteiger partial charge in [-0.3, -0.25) is 20.2 Å². The van der Waals surface area contributed by atoms with Gasteiger partial charge in [-0.1, -0.05) is 6.07 Å². The first-order chi connectivity index (χ1) is 9.86. The Labute approximate surface area is 129 Å². The molecule has 1 aliphatic heterocycles. The summed E-state index contributed by atoms with van der Waals surface area (Å²) in [6.07, 6.45) is 1.44. The van der Waals surface area contributed by atoms with Crippen LogP contribution in [0.5, 0.6) is 5.75 Å². The van der Waals surface area contributed by atoms with Gasteiger partial charge in [0, 0.05) is 0 Å². The first-order valence-electron chi connectivity index (χ1n) is 6.21. The molecule has 1 aromatic rings. The Bertz CT molecular complexity index is 630. The van der Waals surface area contributed by atoms with E-state index in [9.17, 15) is 14.4 Å². The zero-order valence-corrected chi connectivity index (χ0v) is 13.0. The van der Waals surface area contributed by atoms with E-state index < -0.39 is 17.8 Å². The number of halogens is 1. The molecule has 2 N–H and O–H groups in total. The summed E-state index contributed by atoms with van der Waals surface area (Å²) in [7, 11) is 0. The van der Waals surface area contributed by atoms with E-state index in [2.05, 4.69) is 15.9 Å². The van der Waals surface area contributed by atoms with E-state index in [1.165, 1.54) is 6.08 Å². The van der Waals surface area contributed by atoms with Gasteiger partial charge in [0.2, 0.25) is 0 Å². The summed E-state index contributed by atoms with van der Waals surface area (Å²) < 4.78 is 6.28. The number of benzene rings is 1. The second-order valence-corrected chi connectivity index (χ2v) is 5.51. The van der Waals surface area contributed by atoms with Crippen LogP contribution in [0.1, 0.15) is 19.4 Å². The third-order valence-electron chi connectivity index (χ3n) is 2.57. The van der Waals surface area contributed by atoms with Crippen LogP contribution >= 0.6 is 15.9 Å². The fourth-order valence-corrected chi connectivity index (χ4v) is 2.22. The molecule has 0 atom stereocenters. The van der Waals surface area contributed by atoms with Crippen molar-refractivity contribution >= 4 is 39.9 Å². The van der Waals surface area contributed by atoms with E-state index in [4.69, 9.17) is 4.74 Å². The molecule has 0 saturated carbocycles. The Morgan fingerprint density at radius 2 is 1.76 bits per heavy atom. The number of barbiturate groups is 1. The zero-order valence-electron chi connectivity index (χ0n) is 11.4. The number of nitrogens with one attached hydrogen (secondary N) is 2. The van der Waals surface area contributed by atoms with Crippen molar-refractivity contribution < 1.29 is 19.1 Å². The summed E-state index contributed by atoms with van der Waals surface area (Å²) in [6, 6.07) is 4.36. The second kappa shape index (κ2) is 6.09. The van der Waals surface area contributed by atoms with E-state index in [0.29, 0.717) is 15.8 Å². The molecule has 110 valence electrons. The Balaban J connectivity index is 2.28. The Hall–Kier alpha value is -2.15. The molecule has 4 amide bonds. The Kier molecular flexibility index (Phi) is 4.42. The van der Waals surface area contributed by atoms with Crippen molar-refractivity contribution in [1.82, 2.24) is 10.6 Å². The molecular weight excluding hydrogens is 340 g/mol. The molecule has 1 aromatic carbocycles. The molecule has 0 spiro atoms. The summed E-state index contributed by atoms with van der Waals surface area (Å²) in [5, 5.41) is 4.04. The largest absolute Gasteiger partial charge is 0.490 e. The summed E-state index contributed by atoms with van der Waals surface area (Å²) in [6.45, 7) is 3.83. The van der Waals surface area contributed by atoms with Gasteiger partial charge in [-0.2, -0.15) is 0 Å². The molecular formula is C14H13BrN2O4. The molecule has 21 heavy (non-hydrogen) atoms. The standard InChI is InChI=1S/C14H13BrN2O4/c1-7(2)21-11-4-3-8(6-10(11)15)5-9-12(18)16-14(20)17-13(9)19/h3-7H,1-2H3,(H2,16,17,18,19,20). The average molecular weight is 353 g/mol. The van der Waals surface area contributed by atoms with Crippen LogP contribution in [0.4, 0.5) is 4.79 Å². The lowest BCUT2D eigenvalue weighted by Crippen LogP contribution is -2.51. The van der Waals surface area contributed by atoms with Crippen LogP contribution in [0.15, 0.2) is 28.2 Å². The molecule has 1 aliphatic rings. The van der Waals surface area contributed by atoms with Gasteiger partial charge in [0.1, 0.15) is 11.3 Å². The van der Waals surface area contributed by atoms with Crippen LogP contribution in [0, 0.1) is 0 Å². The average Bonchev–Trinajstić information content (AvgIpc) is 2.36. The molecule has 6 nitrogen and oxygen atoms in total. The van der Waals surface area contributed by atoms with Gasteiger partial charge in [0.05, 0.1) is 10.6 Å². The monoisotopic (exact) mass is 352 g/mol. The number of ether oxygens (including phenoxy) is 1. The predicted octanol–water partition coefficient (Wildman–Crippen LogP) is 1.99. The molecule has 2 rings (SSSR count). The second-order valence-electron chi connectivity index (χ2n) is 4.65. The smallest absolute Gasteiger partial charge is 0.328 e. The maximum Gasteiger partial charge on any atom is 0.328 e. The molecule has 0 radical (unpaired) electrons. The van der Waals surface area contributed by atoms with Gasteiger partial charge in [0.25, 0.3) is 11.8 Å².